The van der Waals surface area contributed by atoms with Gasteiger partial charge in [0.15, 0.2) is 0 Å². The third kappa shape index (κ3) is 2.98. The summed E-state index contributed by atoms with van der Waals surface area (Å²) in [6, 6.07) is 10.7. The normalized spacial score (nSPS) is 14.4. The van der Waals surface area contributed by atoms with Gasteiger partial charge < -0.3 is 4.74 Å². The molecule has 0 saturated carbocycles. The Labute approximate surface area is 123 Å². The average Bonchev–Trinajstić information content (AvgIpc) is 2.53. The van der Waals surface area contributed by atoms with Gasteiger partial charge in [0, 0.05) is 18.9 Å². The predicted octanol–water partition coefficient (Wildman–Crippen LogP) is 1.31. The van der Waals surface area contributed by atoms with Crippen molar-refractivity contribution in [2.24, 2.45) is 0 Å². The highest BCUT2D eigenvalue weighted by molar-refractivity contribution is 7.90. The summed E-state index contributed by atoms with van der Waals surface area (Å²) >= 11 is 0. The van der Waals surface area contributed by atoms with E-state index in [1.807, 2.05) is 12.1 Å². The van der Waals surface area contributed by atoms with Crippen LogP contribution in [-0.4, -0.2) is 26.6 Å². The second kappa shape index (κ2) is 5.71. The Bertz CT molecular complexity index is 719. The first-order valence-corrected chi connectivity index (χ1v) is 7.99. The van der Waals surface area contributed by atoms with Gasteiger partial charge in [0.05, 0.1) is 12.2 Å². The fourth-order valence-electron chi connectivity index (χ4n) is 2.15. The SMILES string of the molecule is O=S(=O)(NCc1cccnc1)N1CCOc2ccccc21. The van der Waals surface area contributed by atoms with Crippen molar-refractivity contribution < 1.29 is 13.2 Å². The summed E-state index contributed by atoms with van der Waals surface area (Å²) < 4.78 is 34.3. The zero-order valence-corrected chi connectivity index (χ0v) is 12.1. The lowest BCUT2D eigenvalue weighted by molar-refractivity contribution is 0.315. The summed E-state index contributed by atoms with van der Waals surface area (Å²) in [5.74, 6) is 0.579. The van der Waals surface area contributed by atoms with Crippen LogP contribution in [0.3, 0.4) is 0 Å². The quantitative estimate of drug-likeness (QED) is 0.924. The lowest BCUT2D eigenvalue weighted by Gasteiger charge is -2.30. The van der Waals surface area contributed by atoms with Crippen molar-refractivity contribution in [3.63, 3.8) is 0 Å². The number of benzene rings is 1. The molecule has 110 valence electrons. The van der Waals surface area contributed by atoms with Gasteiger partial charge in [-0.2, -0.15) is 13.1 Å². The van der Waals surface area contributed by atoms with Crippen LogP contribution in [0.25, 0.3) is 0 Å². The molecule has 0 unspecified atom stereocenters. The fourth-order valence-corrected chi connectivity index (χ4v) is 3.38. The van der Waals surface area contributed by atoms with Gasteiger partial charge in [-0.3, -0.25) is 9.29 Å². The number of hydrogen-bond donors (Lipinski definition) is 1. The Balaban J connectivity index is 1.80. The highest BCUT2D eigenvalue weighted by atomic mass is 32.2. The van der Waals surface area contributed by atoms with Gasteiger partial charge >= 0.3 is 10.2 Å². The van der Waals surface area contributed by atoms with Gasteiger partial charge in [0.1, 0.15) is 12.4 Å². The summed E-state index contributed by atoms with van der Waals surface area (Å²) in [6.45, 7) is 0.833. The number of anilines is 1. The van der Waals surface area contributed by atoms with Gasteiger partial charge in [0.25, 0.3) is 0 Å². The van der Waals surface area contributed by atoms with Crippen LogP contribution in [0.2, 0.25) is 0 Å². The Morgan fingerprint density at radius 1 is 1.24 bits per heavy atom. The maximum absolute atomic E-state index is 12.5. The highest BCUT2D eigenvalue weighted by Crippen LogP contribution is 2.32. The van der Waals surface area contributed by atoms with Crippen molar-refractivity contribution in [3.8, 4) is 5.75 Å². The third-order valence-electron chi connectivity index (χ3n) is 3.16. The maximum Gasteiger partial charge on any atom is 0.302 e. The van der Waals surface area contributed by atoms with Crippen LogP contribution >= 0.6 is 0 Å². The number of nitrogens with zero attached hydrogens (tertiary/aromatic N) is 2. The molecule has 0 spiro atoms. The topological polar surface area (TPSA) is 71.5 Å². The maximum atomic E-state index is 12.5. The molecule has 1 aliphatic heterocycles. The molecule has 1 aromatic heterocycles. The van der Waals surface area contributed by atoms with Crippen LogP contribution in [0, 0.1) is 0 Å². The summed E-state index contributed by atoms with van der Waals surface area (Å²) in [5, 5.41) is 0. The van der Waals surface area contributed by atoms with Crippen molar-refractivity contribution in [2.45, 2.75) is 6.54 Å². The number of para-hydroxylation sites is 2. The van der Waals surface area contributed by atoms with Gasteiger partial charge in [-0.05, 0) is 23.8 Å². The standard InChI is InChI=1S/C14H15N3O3S/c18-21(19,16-11-12-4-3-7-15-10-12)17-8-9-20-14-6-2-1-5-13(14)17/h1-7,10,16H,8-9,11H2. The third-order valence-corrected chi connectivity index (χ3v) is 4.63. The first-order chi connectivity index (χ1) is 10.2. The lowest BCUT2D eigenvalue weighted by atomic mass is 10.2. The zero-order chi connectivity index (χ0) is 14.7. The lowest BCUT2D eigenvalue weighted by Crippen LogP contribution is -2.44. The molecule has 0 radical (unpaired) electrons. The molecule has 1 aromatic carbocycles. The van der Waals surface area contributed by atoms with E-state index in [4.69, 9.17) is 4.74 Å². The molecule has 3 rings (SSSR count). The Morgan fingerprint density at radius 2 is 2.10 bits per heavy atom. The second-order valence-electron chi connectivity index (χ2n) is 4.58. The summed E-state index contributed by atoms with van der Waals surface area (Å²) in [7, 11) is -3.62. The Hall–Kier alpha value is -2.12. The van der Waals surface area contributed by atoms with Crippen LogP contribution in [0.15, 0.2) is 48.8 Å². The largest absolute Gasteiger partial charge is 0.489 e. The molecular weight excluding hydrogens is 290 g/mol. The van der Waals surface area contributed by atoms with Crippen molar-refractivity contribution >= 4 is 15.9 Å². The van der Waals surface area contributed by atoms with E-state index in [2.05, 4.69) is 9.71 Å². The molecule has 1 N–H and O–H groups in total. The molecule has 0 atom stereocenters. The van der Waals surface area contributed by atoms with E-state index in [0.29, 0.717) is 24.6 Å². The van der Waals surface area contributed by atoms with E-state index in [-0.39, 0.29) is 6.54 Å². The van der Waals surface area contributed by atoms with Gasteiger partial charge in [-0.1, -0.05) is 18.2 Å². The monoisotopic (exact) mass is 305 g/mol. The van der Waals surface area contributed by atoms with E-state index >= 15 is 0 Å². The number of hydrogen-bond acceptors (Lipinski definition) is 4. The van der Waals surface area contributed by atoms with Gasteiger partial charge in [0.2, 0.25) is 0 Å². The second-order valence-corrected chi connectivity index (χ2v) is 6.26. The van der Waals surface area contributed by atoms with Crippen molar-refractivity contribution in [3.05, 3.63) is 54.4 Å². The number of nitrogens with one attached hydrogen (secondary N) is 1. The van der Waals surface area contributed by atoms with Gasteiger partial charge in [-0.15, -0.1) is 0 Å². The van der Waals surface area contributed by atoms with E-state index in [9.17, 15) is 8.42 Å². The molecule has 0 aliphatic carbocycles. The van der Waals surface area contributed by atoms with E-state index in [0.717, 1.165) is 5.56 Å². The van der Waals surface area contributed by atoms with Crippen LogP contribution in [0.5, 0.6) is 5.75 Å². The van der Waals surface area contributed by atoms with Crippen molar-refractivity contribution in [1.29, 1.82) is 0 Å². The number of pyridine rings is 1. The molecular formula is C14H15N3O3S. The molecule has 2 heterocycles. The molecule has 0 fully saturated rings. The van der Waals surface area contributed by atoms with Gasteiger partial charge in [-0.25, -0.2) is 0 Å². The summed E-state index contributed by atoms with van der Waals surface area (Å²) in [4.78, 5) is 3.97. The molecule has 0 amide bonds. The molecule has 0 bridgehead atoms. The Morgan fingerprint density at radius 3 is 2.90 bits per heavy atom. The smallest absolute Gasteiger partial charge is 0.302 e. The first-order valence-electron chi connectivity index (χ1n) is 6.55. The van der Waals surface area contributed by atoms with Crippen LogP contribution in [0.1, 0.15) is 5.56 Å². The number of rotatable bonds is 4. The molecule has 7 heteroatoms. The minimum absolute atomic E-state index is 0.204. The molecule has 2 aromatic rings. The molecule has 21 heavy (non-hydrogen) atoms. The van der Waals surface area contributed by atoms with E-state index in [1.54, 1.807) is 36.7 Å². The molecule has 6 nitrogen and oxygen atoms in total. The average molecular weight is 305 g/mol. The number of ether oxygens (including phenoxy) is 1. The fraction of sp³-hybridized carbons (Fsp3) is 0.214. The highest BCUT2D eigenvalue weighted by Gasteiger charge is 2.27. The molecule has 0 saturated heterocycles. The zero-order valence-electron chi connectivity index (χ0n) is 11.3. The van der Waals surface area contributed by atoms with Crippen molar-refractivity contribution in [1.82, 2.24) is 9.71 Å². The Kier molecular flexibility index (Phi) is 3.76. The summed E-state index contributed by atoms with van der Waals surface area (Å²) in [5.41, 5.74) is 1.37. The first kappa shape index (κ1) is 13.8. The van der Waals surface area contributed by atoms with Crippen LogP contribution in [-0.2, 0) is 16.8 Å². The van der Waals surface area contributed by atoms with Crippen molar-refractivity contribution in [2.75, 3.05) is 17.5 Å². The number of aromatic nitrogens is 1. The van der Waals surface area contributed by atoms with E-state index < -0.39 is 10.2 Å². The molecule has 1 aliphatic rings. The summed E-state index contributed by atoms with van der Waals surface area (Å²) in [6.07, 6.45) is 3.28. The predicted molar refractivity (Wildman–Crippen MR) is 79.3 cm³/mol. The number of fused-ring (bicyclic) bond motifs is 1. The van der Waals surface area contributed by atoms with E-state index in [1.165, 1.54) is 4.31 Å². The van der Waals surface area contributed by atoms with Crippen LogP contribution in [0.4, 0.5) is 5.69 Å². The minimum Gasteiger partial charge on any atom is -0.489 e. The van der Waals surface area contributed by atoms with Crippen LogP contribution < -0.4 is 13.8 Å². The minimum atomic E-state index is -3.62.